The summed E-state index contributed by atoms with van der Waals surface area (Å²) in [6.45, 7) is 0. The van der Waals surface area contributed by atoms with Crippen LogP contribution in [0.15, 0.2) is 29.6 Å². The second kappa shape index (κ2) is 6.89. The van der Waals surface area contributed by atoms with Gasteiger partial charge in [-0.1, -0.05) is 12.1 Å². The van der Waals surface area contributed by atoms with E-state index in [4.69, 9.17) is 9.84 Å². The molecule has 18 heavy (non-hydrogen) atoms. The van der Waals surface area contributed by atoms with Crippen molar-refractivity contribution in [2.45, 2.75) is 6.42 Å². The van der Waals surface area contributed by atoms with Gasteiger partial charge in [-0.2, -0.15) is 0 Å². The smallest absolute Gasteiger partial charge is 0.309 e. The van der Waals surface area contributed by atoms with Crippen LogP contribution < -0.4 is 4.74 Å². The zero-order valence-electron chi connectivity index (χ0n) is 10.2. The number of carbonyl (C=O) groups is 1. The monoisotopic (exact) mass is 272 g/mol. The minimum atomic E-state index is -0.868. The molecule has 2 aromatic rings. The largest absolute Gasteiger partial charge is 0.497 e. The van der Waals surface area contributed by atoms with Gasteiger partial charge in [0, 0.05) is 40.5 Å². The molecule has 1 aromatic heterocycles. The van der Waals surface area contributed by atoms with Crippen LogP contribution in [-0.2, 0) is 11.2 Å². The van der Waals surface area contributed by atoms with Gasteiger partial charge < -0.3 is 9.84 Å². The van der Waals surface area contributed by atoms with E-state index in [2.05, 4.69) is 4.98 Å². The average Bonchev–Trinajstić information content (AvgIpc) is 2.77. The molecule has 0 unspecified atom stereocenters. The Hall–Kier alpha value is -0.880. The first-order chi connectivity index (χ1) is 8.19. The number of carboxylic acid groups (broad SMARTS) is 1. The van der Waals surface area contributed by atoms with Gasteiger partial charge in [0.05, 0.1) is 19.2 Å². The summed E-state index contributed by atoms with van der Waals surface area (Å²) in [5.41, 5.74) is 1.52. The summed E-state index contributed by atoms with van der Waals surface area (Å²) in [5.74, 6) is -0.107. The number of methoxy groups -OCH3 is 1. The molecule has 1 heterocycles. The molecule has 1 radical (unpaired) electrons. The van der Waals surface area contributed by atoms with E-state index in [-0.39, 0.29) is 36.0 Å². The van der Waals surface area contributed by atoms with E-state index >= 15 is 0 Å². The number of thiazole rings is 1. The van der Waals surface area contributed by atoms with Crippen LogP contribution in [0.4, 0.5) is 0 Å². The van der Waals surface area contributed by atoms with Crippen LogP contribution in [-0.4, -0.2) is 52.7 Å². The first-order valence-corrected chi connectivity index (χ1v) is 5.87. The standard InChI is InChI=1S/C12H11NO3S.Na/c1-16-10-4-2-3-8(5-10)12-13-9(7-17-12)6-11(14)15;/h2-5,7H,6H2,1H3,(H,14,15);. The predicted octanol–water partition coefficient (Wildman–Crippen LogP) is 2.06. The number of hydrogen-bond acceptors (Lipinski definition) is 4. The number of benzene rings is 1. The van der Waals surface area contributed by atoms with Gasteiger partial charge in [0.1, 0.15) is 10.8 Å². The van der Waals surface area contributed by atoms with Crippen molar-refractivity contribution in [2.24, 2.45) is 0 Å². The van der Waals surface area contributed by atoms with Crippen LogP contribution in [0.25, 0.3) is 10.6 Å². The molecule has 2 rings (SSSR count). The van der Waals surface area contributed by atoms with E-state index in [0.29, 0.717) is 5.69 Å². The Balaban J connectivity index is 0.00000162. The van der Waals surface area contributed by atoms with Gasteiger partial charge in [-0.25, -0.2) is 4.98 Å². The van der Waals surface area contributed by atoms with Crippen LogP contribution in [0.5, 0.6) is 5.75 Å². The molecule has 0 bridgehead atoms. The molecule has 6 heteroatoms. The average molecular weight is 272 g/mol. The summed E-state index contributed by atoms with van der Waals surface area (Å²) in [5, 5.41) is 11.2. The topological polar surface area (TPSA) is 59.4 Å². The number of aliphatic carboxylic acids is 1. The normalized spacial score (nSPS) is 9.61. The van der Waals surface area contributed by atoms with E-state index in [9.17, 15) is 4.79 Å². The van der Waals surface area contributed by atoms with Crippen LogP contribution in [0, 0.1) is 0 Å². The second-order valence-electron chi connectivity index (χ2n) is 3.45. The fraction of sp³-hybridized carbons (Fsp3) is 0.167. The van der Waals surface area contributed by atoms with Crippen LogP contribution >= 0.6 is 11.3 Å². The van der Waals surface area contributed by atoms with Crippen molar-refractivity contribution in [3.8, 4) is 16.3 Å². The SMILES string of the molecule is COc1cccc(-c2nc(CC(=O)O)cs2)c1.[Na]. The first kappa shape index (κ1) is 15.2. The Morgan fingerprint density at radius 2 is 2.28 bits per heavy atom. The maximum absolute atomic E-state index is 10.6. The van der Waals surface area contributed by atoms with Crippen molar-refractivity contribution in [2.75, 3.05) is 7.11 Å². The van der Waals surface area contributed by atoms with Gasteiger partial charge >= 0.3 is 5.97 Å². The quantitative estimate of drug-likeness (QED) is 0.866. The summed E-state index contributed by atoms with van der Waals surface area (Å²) >= 11 is 1.43. The van der Waals surface area contributed by atoms with Gasteiger partial charge in [0.15, 0.2) is 0 Å². The Morgan fingerprint density at radius 1 is 1.50 bits per heavy atom. The maximum atomic E-state index is 10.6. The Bertz CT molecular complexity index is 542. The molecule has 0 aliphatic heterocycles. The molecule has 0 saturated carbocycles. The number of ether oxygens (including phenoxy) is 1. The summed E-state index contributed by atoms with van der Waals surface area (Å²) < 4.78 is 5.13. The van der Waals surface area contributed by atoms with Gasteiger partial charge in [-0.15, -0.1) is 11.3 Å². The van der Waals surface area contributed by atoms with Crippen LogP contribution in [0.2, 0.25) is 0 Å². The maximum Gasteiger partial charge on any atom is 0.309 e. The van der Waals surface area contributed by atoms with Gasteiger partial charge in [-0.05, 0) is 12.1 Å². The molecule has 0 fully saturated rings. The van der Waals surface area contributed by atoms with Gasteiger partial charge in [0.2, 0.25) is 0 Å². The summed E-state index contributed by atoms with van der Waals surface area (Å²) in [6.07, 6.45) is -0.0412. The van der Waals surface area contributed by atoms with E-state index in [1.165, 1.54) is 11.3 Å². The van der Waals surface area contributed by atoms with Crippen molar-refractivity contribution >= 4 is 46.9 Å². The van der Waals surface area contributed by atoms with E-state index in [1.54, 1.807) is 12.5 Å². The van der Waals surface area contributed by atoms with E-state index in [0.717, 1.165) is 16.3 Å². The third-order valence-electron chi connectivity index (χ3n) is 2.20. The minimum absolute atomic E-state index is 0. The molecular formula is C12H11NNaO3S. The van der Waals surface area contributed by atoms with Crippen LogP contribution in [0.3, 0.4) is 0 Å². The van der Waals surface area contributed by atoms with Crippen molar-refractivity contribution in [3.05, 3.63) is 35.3 Å². The molecule has 0 aliphatic carbocycles. The summed E-state index contributed by atoms with van der Waals surface area (Å²) in [4.78, 5) is 14.8. The van der Waals surface area contributed by atoms with Crippen molar-refractivity contribution in [1.29, 1.82) is 0 Å². The van der Waals surface area contributed by atoms with E-state index < -0.39 is 5.97 Å². The fourth-order valence-corrected chi connectivity index (χ4v) is 2.25. The molecule has 1 N–H and O–H groups in total. The molecule has 1 aromatic carbocycles. The molecule has 0 saturated heterocycles. The number of carboxylic acids is 1. The molecule has 0 atom stereocenters. The number of aromatic nitrogens is 1. The summed E-state index contributed by atoms with van der Waals surface area (Å²) in [6, 6.07) is 7.54. The Morgan fingerprint density at radius 3 is 2.94 bits per heavy atom. The number of nitrogens with zero attached hydrogens (tertiary/aromatic N) is 1. The fourth-order valence-electron chi connectivity index (χ4n) is 1.43. The van der Waals surface area contributed by atoms with E-state index in [1.807, 2.05) is 24.3 Å². The molecule has 0 amide bonds. The first-order valence-electron chi connectivity index (χ1n) is 4.99. The van der Waals surface area contributed by atoms with Gasteiger partial charge in [-0.3, -0.25) is 4.79 Å². The second-order valence-corrected chi connectivity index (χ2v) is 4.30. The number of hydrogen-bond donors (Lipinski definition) is 1. The molecular weight excluding hydrogens is 261 g/mol. The molecule has 4 nitrogen and oxygen atoms in total. The molecule has 0 aliphatic rings. The van der Waals surface area contributed by atoms with Gasteiger partial charge in [0.25, 0.3) is 0 Å². The number of rotatable bonds is 4. The third kappa shape index (κ3) is 3.81. The Labute approximate surface area is 131 Å². The zero-order valence-corrected chi connectivity index (χ0v) is 13.0. The van der Waals surface area contributed by atoms with Crippen molar-refractivity contribution in [1.82, 2.24) is 4.98 Å². The summed E-state index contributed by atoms with van der Waals surface area (Å²) in [7, 11) is 1.61. The third-order valence-corrected chi connectivity index (χ3v) is 3.14. The van der Waals surface area contributed by atoms with Crippen molar-refractivity contribution in [3.63, 3.8) is 0 Å². The van der Waals surface area contributed by atoms with Crippen LogP contribution in [0.1, 0.15) is 5.69 Å². The molecule has 0 spiro atoms. The minimum Gasteiger partial charge on any atom is -0.497 e. The predicted molar refractivity (Wildman–Crippen MR) is 71.2 cm³/mol. The molecule has 89 valence electrons. The Kier molecular flexibility index (Phi) is 5.81. The van der Waals surface area contributed by atoms with Crippen molar-refractivity contribution < 1.29 is 14.6 Å². The zero-order chi connectivity index (χ0) is 12.3.